The van der Waals surface area contributed by atoms with Gasteiger partial charge in [0.1, 0.15) is 0 Å². The molecule has 0 radical (unpaired) electrons. The summed E-state index contributed by atoms with van der Waals surface area (Å²) in [5, 5.41) is 8.59. The normalized spacial score (nSPS) is 20.6. The zero-order chi connectivity index (χ0) is 18.4. The molecule has 2 fully saturated rings. The van der Waals surface area contributed by atoms with Gasteiger partial charge in [0.25, 0.3) is 0 Å². The van der Waals surface area contributed by atoms with Crippen LogP contribution in [0.5, 0.6) is 0 Å². The minimum Gasteiger partial charge on any atom is -0.376 e. The molecule has 1 aliphatic heterocycles. The Morgan fingerprint density at radius 3 is 2.69 bits per heavy atom. The zero-order valence-electron chi connectivity index (χ0n) is 15.2. The van der Waals surface area contributed by atoms with Gasteiger partial charge in [-0.2, -0.15) is 0 Å². The van der Waals surface area contributed by atoms with E-state index in [0.717, 1.165) is 31.2 Å². The molecule has 0 spiro atoms. The fourth-order valence-corrected chi connectivity index (χ4v) is 3.29. The Bertz CT molecular complexity index is 638. The second-order valence-electron chi connectivity index (χ2n) is 6.90. The first-order valence-electron chi connectivity index (χ1n) is 9.27. The molecule has 0 bridgehead atoms. The van der Waals surface area contributed by atoms with Crippen LogP contribution in [-0.4, -0.2) is 44.4 Å². The second-order valence-corrected chi connectivity index (χ2v) is 6.90. The van der Waals surface area contributed by atoms with Crippen molar-refractivity contribution in [3.63, 3.8) is 0 Å². The molecule has 7 heteroatoms. The highest BCUT2D eigenvalue weighted by Crippen LogP contribution is 2.27. The number of urea groups is 1. The Labute approximate surface area is 153 Å². The van der Waals surface area contributed by atoms with Crippen molar-refractivity contribution in [3.8, 4) is 0 Å². The first-order valence-corrected chi connectivity index (χ1v) is 9.27. The SMILES string of the molecule is Cc1ccc(NC(=O)C2CCCC2)cc1NC(=O)NC[C@@H]1COCCO1. The van der Waals surface area contributed by atoms with E-state index < -0.39 is 0 Å². The lowest BCUT2D eigenvalue weighted by Crippen LogP contribution is -2.41. The largest absolute Gasteiger partial charge is 0.376 e. The van der Waals surface area contributed by atoms with Crippen LogP contribution in [0.15, 0.2) is 18.2 Å². The molecule has 1 heterocycles. The number of benzene rings is 1. The molecular formula is C19H27N3O4. The predicted molar refractivity (Wildman–Crippen MR) is 99.3 cm³/mol. The average molecular weight is 361 g/mol. The number of anilines is 2. The van der Waals surface area contributed by atoms with Gasteiger partial charge in [-0.05, 0) is 37.5 Å². The van der Waals surface area contributed by atoms with Crippen LogP contribution in [0.1, 0.15) is 31.2 Å². The van der Waals surface area contributed by atoms with Gasteiger partial charge in [0, 0.05) is 23.8 Å². The number of aryl methyl sites for hydroxylation is 1. The van der Waals surface area contributed by atoms with E-state index >= 15 is 0 Å². The Morgan fingerprint density at radius 1 is 1.15 bits per heavy atom. The van der Waals surface area contributed by atoms with Crippen molar-refractivity contribution in [2.45, 2.75) is 38.7 Å². The van der Waals surface area contributed by atoms with Crippen LogP contribution >= 0.6 is 0 Å². The van der Waals surface area contributed by atoms with E-state index in [1.165, 1.54) is 0 Å². The van der Waals surface area contributed by atoms with Crippen molar-refractivity contribution in [2.75, 3.05) is 37.0 Å². The highest BCUT2D eigenvalue weighted by molar-refractivity contribution is 5.95. The summed E-state index contributed by atoms with van der Waals surface area (Å²) in [4.78, 5) is 24.4. The second kappa shape index (κ2) is 9.00. The van der Waals surface area contributed by atoms with E-state index in [1.54, 1.807) is 6.07 Å². The number of hydrogen-bond acceptors (Lipinski definition) is 4. The molecule has 1 atom stereocenters. The van der Waals surface area contributed by atoms with E-state index in [0.29, 0.717) is 37.7 Å². The van der Waals surface area contributed by atoms with Gasteiger partial charge >= 0.3 is 6.03 Å². The number of ether oxygens (including phenoxy) is 2. The standard InChI is InChI=1S/C19H27N3O4/c1-13-6-7-15(21-18(23)14-4-2-3-5-14)10-17(13)22-19(24)20-11-16-12-25-8-9-26-16/h6-7,10,14,16H,2-5,8-9,11-12H2,1H3,(H,21,23)(H2,20,22,24)/t16-/m1/s1. The third kappa shape index (κ3) is 5.19. The lowest BCUT2D eigenvalue weighted by molar-refractivity contribution is -0.119. The molecule has 3 N–H and O–H groups in total. The number of carbonyl (C=O) groups excluding carboxylic acids is 2. The molecule has 0 unspecified atom stereocenters. The summed E-state index contributed by atoms with van der Waals surface area (Å²) in [7, 11) is 0. The van der Waals surface area contributed by atoms with Crippen LogP contribution in [0.4, 0.5) is 16.2 Å². The zero-order valence-corrected chi connectivity index (χ0v) is 15.2. The average Bonchev–Trinajstić information content (AvgIpc) is 3.18. The Morgan fingerprint density at radius 2 is 1.96 bits per heavy atom. The van der Waals surface area contributed by atoms with Gasteiger partial charge in [-0.1, -0.05) is 18.9 Å². The molecule has 1 saturated heterocycles. The quantitative estimate of drug-likeness (QED) is 0.752. The molecule has 26 heavy (non-hydrogen) atoms. The summed E-state index contributed by atoms with van der Waals surface area (Å²) in [6, 6.07) is 5.24. The number of amides is 3. The third-order valence-corrected chi connectivity index (χ3v) is 4.85. The Balaban J connectivity index is 1.53. The summed E-state index contributed by atoms with van der Waals surface area (Å²) < 4.78 is 10.8. The molecular weight excluding hydrogens is 334 g/mol. The van der Waals surface area contributed by atoms with Gasteiger partial charge in [-0.25, -0.2) is 4.79 Å². The molecule has 0 aromatic heterocycles. The predicted octanol–water partition coefficient (Wildman–Crippen LogP) is 2.66. The van der Waals surface area contributed by atoms with Crippen molar-refractivity contribution < 1.29 is 19.1 Å². The summed E-state index contributed by atoms with van der Waals surface area (Å²) in [5.41, 5.74) is 2.30. The molecule has 3 rings (SSSR count). The lowest BCUT2D eigenvalue weighted by atomic mass is 10.1. The molecule has 7 nitrogen and oxygen atoms in total. The molecule has 142 valence electrons. The fraction of sp³-hybridized carbons (Fsp3) is 0.579. The molecule has 1 aliphatic carbocycles. The van der Waals surface area contributed by atoms with Crippen LogP contribution < -0.4 is 16.0 Å². The third-order valence-electron chi connectivity index (χ3n) is 4.85. The first-order chi connectivity index (χ1) is 12.6. The van der Waals surface area contributed by atoms with Crippen LogP contribution in [-0.2, 0) is 14.3 Å². The highest BCUT2D eigenvalue weighted by Gasteiger charge is 2.22. The summed E-state index contributed by atoms with van der Waals surface area (Å²) in [6.07, 6.45) is 4.03. The van der Waals surface area contributed by atoms with E-state index in [1.807, 2.05) is 19.1 Å². The number of rotatable bonds is 5. The van der Waals surface area contributed by atoms with Crippen LogP contribution in [0, 0.1) is 12.8 Å². The molecule has 1 saturated carbocycles. The molecule has 1 aromatic rings. The van der Waals surface area contributed by atoms with Crippen molar-refractivity contribution >= 4 is 23.3 Å². The number of hydrogen-bond donors (Lipinski definition) is 3. The number of carbonyl (C=O) groups is 2. The highest BCUT2D eigenvalue weighted by atomic mass is 16.6. The number of nitrogens with one attached hydrogen (secondary N) is 3. The minimum atomic E-state index is -0.304. The van der Waals surface area contributed by atoms with Crippen LogP contribution in [0.3, 0.4) is 0 Å². The van der Waals surface area contributed by atoms with Gasteiger partial charge in [-0.15, -0.1) is 0 Å². The van der Waals surface area contributed by atoms with E-state index in [2.05, 4.69) is 16.0 Å². The molecule has 3 amide bonds. The summed E-state index contributed by atoms with van der Waals surface area (Å²) in [5.74, 6) is 0.171. The maximum atomic E-state index is 12.3. The van der Waals surface area contributed by atoms with Gasteiger partial charge in [0.05, 0.1) is 25.9 Å². The van der Waals surface area contributed by atoms with Crippen molar-refractivity contribution in [2.24, 2.45) is 5.92 Å². The first kappa shape index (κ1) is 18.7. The molecule has 1 aromatic carbocycles. The van der Waals surface area contributed by atoms with Crippen molar-refractivity contribution in [1.29, 1.82) is 0 Å². The Kier molecular flexibility index (Phi) is 6.46. The Hall–Kier alpha value is -2.12. The minimum absolute atomic E-state index is 0.0659. The maximum absolute atomic E-state index is 12.3. The van der Waals surface area contributed by atoms with Gasteiger partial charge < -0.3 is 25.4 Å². The van der Waals surface area contributed by atoms with Gasteiger partial charge in [-0.3, -0.25) is 4.79 Å². The molecule has 2 aliphatic rings. The van der Waals surface area contributed by atoms with Crippen LogP contribution in [0.25, 0.3) is 0 Å². The summed E-state index contributed by atoms with van der Waals surface area (Å²) in [6.45, 7) is 3.94. The van der Waals surface area contributed by atoms with E-state index in [9.17, 15) is 9.59 Å². The lowest BCUT2D eigenvalue weighted by Gasteiger charge is -2.23. The van der Waals surface area contributed by atoms with E-state index in [-0.39, 0.29) is 24.0 Å². The van der Waals surface area contributed by atoms with Crippen molar-refractivity contribution in [3.05, 3.63) is 23.8 Å². The van der Waals surface area contributed by atoms with Gasteiger partial charge in [0.15, 0.2) is 0 Å². The monoisotopic (exact) mass is 361 g/mol. The van der Waals surface area contributed by atoms with Gasteiger partial charge in [0.2, 0.25) is 5.91 Å². The van der Waals surface area contributed by atoms with Crippen molar-refractivity contribution in [1.82, 2.24) is 5.32 Å². The topological polar surface area (TPSA) is 88.7 Å². The smallest absolute Gasteiger partial charge is 0.319 e. The summed E-state index contributed by atoms with van der Waals surface area (Å²) >= 11 is 0. The van der Waals surface area contributed by atoms with Crippen LogP contribution in [0.2, 0.25) is 0 Å². The maximum Gasteiger partial charge on any atom is 0.319 e. The fourth-order valence-electron chi connectivity index (χ4n) is 3.29. The van der Waals surface area contributed by atoms with E-state index in [4.69, 9.17) is 9.47 Å².